The molecule has 0 fully saturated rings. The minimum absolute atomic E-state index is 0.611. The van der Waals surface area contributed by atoms with Crippen LogP contribution < -0.4 is 5.73 Å². The fourth-order valence-electron chi connectivity index (χ4n) is 0.897. The van der Waals surface area contributed by atoms with Gasteiger partial charge in [-0.2, -0.15) is 0 Å². The van der Waals surface area contributed by atoms with Crippen molar-refractivity contribution in [2.75, 3.05) is 5.73 Å². The fraction of sp³-hybridized carbons (Fsp3) is 0.125. The van der Waals surface area contributed by atoms with Crippen molar-refractivity contribution >= 4 is 28.2 Å². The van der Waals surface area contributed by atoms with Crippen LogP contribution in [0.15, 0.2) is 29.0 Å². The Morgan fingerprint density at radius 1 is 1.43 bits per heavy atom. The molecule has 0 aliphatic carbocycles. The van der Waals surface area contributed by atoms with Crippen LogP contribution in [-0.2, 0) is 5.75 Å². The van der Waals surface area contributed by atoms with Gasteiger partial charge in [0.2, 0.25) is 0 Å². The molecule has 2 aromatic rings. The van der Waals surface area contributed by atoms with Crippen LogP contribution in [0, 0.1) is 0 Å². The molecule has 2 aromatic heterocycles. The lowest BCUT2D eigenvalue weighted by molar-refractivity contribution is 1.05. The number of hydrogen-bond acceptors (Lipinski definition) is 6. The minimum Gasteiger partial charge on any atom is -0.375 e. The van der Waals surface area contributed by atoms with Crippen LogP contribution in [0.5, 0.6) is 0 Å². The standard InChI is InChI=1S/C8H8N4S2/c9-8-12-6(5-14-8)4-13-7-3-10-1-2-11-7/h1-3,5H,4H2,(H2,9,12). The molecule has 4 nitrogen and oxygen atoms in total. The summed E-state index contributed by atoms with van der Waals surface area (Å²) in [6, 6.07) is 0. The molecule has 0 atom stereocenters. The largest absolute Gasteiger partial charge is 0.375 e. The molecule has 0 bridgehead atoms. The molecule has 2 N–H and O–H groups in total. The summed E-state index contributed by atoms with van der Waals surface area (Å²) in [4.78, 5) is 12.3. The smallest absolute Gasteiger partial charge is 0.180 e. The molecule has 0 saturated carbocycles. The van der Waals surface area contributed by atoms with Gasteiger partial charge in [0.05, 0.1) is 11.9 Å². The number of thioether (sulfide) groups is 1. The predicted molar refractivity (Wildman–Crippen MR) is 58.1 cm³/mol. The second kappa shape index (κ2) is 4.39. The summed E-state index contributed by atoms with van der Waals surface area (Å²) in [5.41, 5.74) is 6.51. The van der Waals surface area contributed by atoms with Gasteiger partial charge in [0, 0.05) is 23.5 Å². The number of hydrogen-bond donors (Lipinski definition) is 1. The highest BCUT2D eigenvalue weighted by Gasteiger charge is 2.00. The van der Waals surface area contributed by atoms with Crippen molar-refractivity contribution in [2.45, 2.75) is 10.8 Å². The molecule has 0 amide bonds. The summed E-state index contributed by atoms with van der Waals surface area (Å²) < 4.78 is 0. The number of nitrogens with zero attached hydrogens (tertiary/aromatic N) is 3. The molecule has 6 heteroatoms. The maximum Gasteiger partial charge on any atom is 0.180 e. The number of anilines is 1. The SMILES string of the molecule is Nc1nc(CSc2cnccn2)cs1. The summed E-state index contributed by atoms with van der Waals surface area (Å²) in [5.74, 6) is 0.784. The molecule has 2 rings (SSSR count). The van der Waals surface area contributed by atoms with E-state index < -0.39 is 0 Å². The first kappa shape index (κ1) is 9.42. The first-order valence-electron chi connectivity index (χ1n) is 3.93. The van der Waals surface area contributed by atoms with Gasteiger partial charge in [0.15, 0.2) is 5.13 Å². The summed E-state index contributed by atoms with van der Waals surface area (Å²) in [6.45, 7) is 0. The summed E-state index contributed by atoms with van der Waals surface area (Å²) in [7, 11) is 0. The molecule has 72 valence electrons. The van der Waals surface area contributed by atoms with Gasteiger partial charge in [-0.3, -0.25) is 4.98 Å². The second-order valence-corrected chi connectivity index (χ2v) is 4.39. The van der Waals surface area contributed by atoms with Gasteiger partial charge in [-0.1, -0.05) is 11.8 Å². The van der Waals surface area contributed by atoms with Gasteiger partial charge < -0.3 is 5.73 Å². The van der Waals surface area contributed by atoms with E-state index in [4.69, 9.17) is 5.73 Å². The summed E-state index contributed by atoms with van der Waals surface area (Å²) in [6.07, 6.45) is 5.07. The van der Waals surface area contributed by atoms with Crippen LogP contribution in [0.1, 0.15) is 5.69 Å². The van der Waals surface area contributed by atoms with Crippen molar-refractivity contribution in [3.8, 4) is 0 Å². The maximum absolute atomic E-state index is 5.52. The van der Waals surface area contributed by atoms with Crippen LogP contribution in [0.4, 0.5) is 5.13 Å². The lowest BCUT2D eigenvalue weighted by atomic mass is 10.6. The molecule has 0 aliphatic rings. The monoisotopic (exact) mass is 224 g/mol. The molecule has 0 radical (unpaired) electrons. The fourth-order valence-corrected chi connectivity index (χ4v) is 2.28. The molecular formula is C8H8N4S2. The molecule has 14 heavy (non-hydrogen) atoms. The van der Waals surface area contributed by atoms with Crippen LogP contribution in [0.3, 0.4) is 0 Å². The van der Waals surface area contributed by atoms with Gasteiger partial charge in [0.1, 0.15) is 5.03 Å². The van der Waals surface area contributed by atoms with Crippen LogP contribution in [-0.4, -0.2) is 15.0 Å². The Hall–Kier alpha value is -1.14. The number of nitrogen functional groups attached to an aromatic ring is 1. The number of thiazole rings is 1. The molecule has 0 spiro atoms. The van der Waals surface area contributed by atoms with Gasteiger partial charge in [-0.15, -0.1) is 11.3 Å². The molecule has 0 aliphatic heterocycles. The van der Waals surface area contributed by atoms with E-state index in [-0.39, 0.29) is 0 Å². The Labute approximate surface area is 89.6 Å². The second-order valence-electron chi connectivity index (χ2n) is 2.51. The average molecular weight is 224 g/mol. The third-order valence-corrected chi connectivity index (χ3v) is 3.15. The Kier molecular flexibility index (Phi) is 2.95. The Balaban J connectivity index is 1.95. The van der Waals surface area contributed by atoms with E-state index in [1.807, 2.05) is 5.38 Å². The lowest BCUT2D eigenvalue weighted by Gasteiger charge is -1.95. The summed E-state index contributed by atoms with van der Waals surface area (Å²) in [5, 5.41) is 3.47. The van der Waals surface area contributed by atoms with Crippen molar-refractivity contribution in [3.05, 3.63) is 29.7 Å². The Bertz CT molecular complexity index is 401. The normalized spacial score (nSPS) is 10.3. The number of aromatic nitrogens is 3. The Morgan fingerprint density at radius 2 is 2.36 bits per heavy atom. The van der Waals surface area contributed by atoms with Crippen molar-refractivity contribution < 1.29 is 0 Å². The van der Waals surface area contributed by atoms with E-state index in [9.17, 15) is 0 Å². The number of nitrogens with two attached hydrogens (primary N) is 1. The molecule has 0 unspecified atom stereocenters. The topological polar surface area (TPSA) is 64.7 Å². The first-order chi connectivity index (χ1) is 6.84. The molecule has 2 heterocycles. The van der Waals surface area contributed by atoms with E-state index in [0.29, 0.717) is 5.13 Å². The zero-order chi connectivity index (χ0) is 9.80. The molecular weight excluding hydrogens is 216 g/mol. The molecule has 0 aromatic carbocycles. The van der Waals surface area contributed by atoms with Gasteiger partial charge >= 0.3 is 0 Å². The van der Waals surface area contributed by atoms with E-state index in [1.165, 1.54) is 11.3 Å². The van der Waals surface area contributed by atoms with E-state index >= 15 is 0 Å². The van der Waals surface area contributed by atoms with Crippen LogP contribution in [0.2, 0.25) is 0 Å². The zero-order valence-corrected chi connectivity index (χ0v) is 8.88. The highest BCUT2D eigenvalue weighted by molar-refractivity contribution is 7.98. The lowest BCUT2D eigenvalue weighted by Crippen LogP contribution is -1.86. The first-order valence-corrected chi connectivity index (χ1v) is 5.80. The minimum atomic E-state index is 0.611. The third-order valence-electron chi connectivity index (χ3n) is 1.48. The highest BCUT2D eigenvalue weighted by Crippen LogP contribution is 2.21. The van der Waals surface area contributed by atoms with Crippen LogP contribution in [0.25, 0.3) is 0 Å². The van der Waals surface area contributed by atoms with Crippen molar-refractivity contribution in [3.63, 3.8) is 0 Å². The molecule has 0 saturated heterocycles. The van der Waals surface area contributed by atoms with Gasteiger partial charge in [-0.05, 0) is 0 Å². The van der Waals surface area contributed by atoms with Crippen molar-refractivity contribution in [1.29, 1.82) is 0 Å². The number of rotatable bonds is 3. The summed E-state index contributed by atoms with van der Waals surface area (Å²) >= 11 is 3.06. The van der Waals surface area contributed by atoms with E-state index in [1.54, 1.807) is 30.4 Å². The predicted octanol–water partition coefficient (Wildman–Crippen LogP) is 1.81. The maximum atomic E-state index is 5.52. The quantitative estimate of drug-likeness (QED) is 0.805. The third kappa shape index (κ3) is 2.43. The average Bonchev–Trinajstić information content (AvgIpc) is 2.63. The zero-order valence-electron chi connectivity index (χ0n) is 7.25. The van der Waals surface area contributed by atoms with E-state index in [2.05, 4.69) is 15.0 Å². The Morgan fingerprint density at radius 3 is 3.00 bits per heavy atom. The van der Waals surface area contributed by atoms with E-state index in [0.717, 1.165) is 16.5 Å². The van der Waals surface area contributed by atoms with Crippen molar-refractivity contribution in [2.24, 2.45) is 0 Å². The van der Waals surface area contributed by atoms with Crippen molar-refractivity contribution in [1.82, 2.24) is 15.0 Å². The van der Waals surface area contributed by atoms with Crippen LogP contribution >= 0.6 is 23.1 Å². The highest BCUT2D eigenvalue weighted by atomic mass is 32.2. The van der Waals surface area contributed by atoms with Gasteiger partial charge in [-0.25, -0.2) is 9.97 Å². The van der Waals surface area contributed by atoms with Gasteiger partial charge in [0.25, 0.3) is 0 Å².